The van der Waals surface area contributed by atoms with Crippen LogP contribution in [-0.4, -0.2) is 31.5 Å². The highest BCUT2D eigenvalue weighted by Gasteiger charge is 2.31. The predicted molar refractivity (Wildman–Crippen MR) is 131 cm³/mol. The summed E-state index contributed by atoms with van der Waals surface area (Å²) in [5, 5.41) is 11.5. The van der Waals surface area contributed by atoms with Crippen LogP contribution in [0.4, 0.5) is 0 Å². The fraction of sp³-hybridized carbons (Fsp3) is 0.143. The molecule has 34 heavy (non-hydrogen) atoms. The number of nitrogens with one attached hydrogen (secondary N) is 1. The van der Waals surface area contributed by atoms with Gasteiger partial charge in [0.15, 0.2) is 0 Å². The molecule has 0 saturated heterocycles. The van der Waals surface area contributed by atoms with Gasteiger partial charge in [0.25, 0.3) is 0 Å². The first-order valence-corrected chi connectivity index (χ1v) is 11.4. The van der Waals surface area contributed by atoms with Crippen molar-refractivity contribution in [3.63, 3.8) is 0 Å². The van der Waals surface area contributed by atoms with Gasteiger partial charge in [-0.3, -0.25) is 4.90 Å². The van der Waals surface area contributed by atoms with Crippen molar-refractivity contribution in [3.05, 3.63) is 114 Å². The number of rotatable bonds is 5. The van der Waals surface area contributed by atoms with Gasteiger partial charge in [-0.05, 0) is 59.5 Å². The summed E-state index contributed by atoms with van der Waals surface area (Å²) in [6.07, 6.45) is 4.29. The Hall–Kier alpha value is -4.16. The number of aromatic hydroxyl groups is 1. The van der Waals surface area contributed by atoms with Gasteiger partial charge in [-0.1, -0.05) is 42.5 Å². The van der Waals surface area contributed by atoms with Gasteiger partial charge in [0.2, 0.25) is 0 Å². The second kappa shape index (κ2) is 8.65. The molecule has 1 aliphatic heterocycles. The second-order valence-corrected chi connectivity index (χ2v) is 8.56. The SMILES string of the molecule is Oc1cccc(C2c3[nH]c4ccccc4c3CCN2Cc2ccc(Oc3ncccn3)cc2)c1. The minimum absolute atomic E-state index is 0.0249. The van der Waals surface area contributed by atoms with E-state index < -0.39 is 0 Å². The van der Waals surface area contributed by atoms with Crippen LogP contribution in [-0.2, 0) is 13.0 Å². The highest BCUT2D eigenvalue weighted by atomic mass is 16.5. The van der Waals surface area contributed by atoms with Crippen LogP contribution in [0.25, 0.3) is 10.9 Å². The lowest BCUT2D eigenvalue weighted by Crippen LogP contribution is -2.35. The normalized spacial score (nSPS) is 15.8. The van der Waals surface area contributed by atoms with Crippen LogP contribution in [0.15, 0.2) is 91.3 Å². The van der Waals surface area contributed by atoms with Crippen molar-refractivity contribution in [2.24, 2.45) is 0 Å². The number of nitrogens with zero attached hydrogens (tertiary/aromatic N) is 3. The van der Waals surface area contributed by atoms with Gasteiger partial charge in [-0.25, -0.2) is 9.97 Å². The molecule has 2 aromatic heterocycles. The number of hydrogen-bond donors (Lipinski definition) is 2. The highest BCUT2D eigenvalue weighted by molar-refractivity contribution is 5.85. The first-order valence-electron chi connectivity index (χ1n) is 11.4. The van der Waals surface area contributed by atoms with Crippen molar-refractivity contribution >= 4 is 10.9 Å². The molecule has 0 bridgehead atoms. The Balaban J connectivity index is 1.31. The fourth-order valence-electron chi connectivity index (χ4n) is 4.87. The van der Waals surface area contributed by atoms with Gasteiger partial charge in [0.05, 0.1) is 6.04 Å². The molecule has 0 saturated carbocycles. The van der Waals surface area contributed by atoms with E-state index in [1.54, 1.807) is 24.5 Å². The topological polar surface area (TPSA) is 74.3 Å². The second-order valence-electron chi connectivity index (χ2n) is 8.56. The molecule has 0 amide bonds. The van der Waals surface area contributed by atoms with E-state index in [2.05, 4.69) is 62.3 Å². The molecule has 3 heterocycles. The first-order chi connectivity index (χ1) is 16.7. The molecule has 0 spiro atoms. The number of aromatic amines is 1. The number of para-hydroxylation sites is 1. The van der Waals surface area contributed by atoms with Crippen molar-refractivity contribution in [3.8, 4) is 17.5 Å². The van der Waals surface area contributed by atoms with Crippen molar-refractivity contribution < 1.29 is 9.84 Å². The third kappa shape index (κ3) is 3.89. The van der Waals surface area contributed by atoms with Crippen LogP contribution in [0.5, 0.6) is 17.5 Å². The zero-order valence-electron chi connectivity index (χ0n) is 18.6. The zero-order valence-corrected chi connectivity index (χ0v) is 18.6. The number of hydrogen-bond acceptors (Lipinski definition) is 5. The lowest BCUT2D eigenvalue weighted by Gasteiger charge is -2.36. The fourth-order valence-corrected chi connectivity index (χ4v) is 4.87. The third-order valence-electron chi connectivity index (χ3n) is 6.38. The van der Waals surface area contributed by atoms with Crippen LogP contribution in [0.2, 0.25) is 0 Å². The minimum atomic E-state index is 0.0249. The van der Waals surface area contributed by atoms with Gasteiger partial charge in [0.1, 0.15) is 11.5 Å². The quantitative estimate of drug-likeness (QED) is 0.366. The van der Waals surface area contributed by atoms with Crippen molar-refractivity contribution in [1.29, 1.82) is 0 Å². The van der Waals surface area contributed by atoms with Gasteiger partial charge in [-0.2, -0.15) is 0 Å². The molecule has 2 N–H and O–H groups in total. The monoisotopic (exact) mass is 448 g/mol. The minimum Gasteiger partial charge on any atom is -0.508 e. The number of fused-ring (bicyclic) bond motifs is 3. The van der Waals surface area contributed by atoms with Crippen molar-refractivity contribution in [1.82, 2.24) is 19.9 Å². The van der Waals surface area contributed by atoms with Crippen LogP contribution in [0.3, 0.4) is 0 Å². The lowest BCUT2D eigenvalue weighted by atomic mass is 9.92. The van der Waals surface area contributed by atoms with Crippen LogP contribution >= 0.6 is 0 Å². The number of phenolic OH excluding ortho intramolecular Hbond substituents is 1. The number of aromatic nitrogens is 3. The Morgan fingerprint density at radius 3 is 2.59 bits per heavy atom. The maximum absolute atomic E-state index is 10.2. The summed E-state index contributed by atoms with van der Waals surface area (Å²) >= 11 is 0. The molecule has 0 fully saturated rings. The average Bonchev–Trinajstić information content (AvgIpc) is 3.24. The molecule has 0 radical (unpaired) electrons. The summed E-state index contributed by atoms with van der Waals surface area (Å²) in [7, 11) is 0. The summed E-state index contributed by atoms with van der Waals surface area (Å²) in [5.41, 5.74) is 6.00. The predicted octanol–water partition coefficient (Wildman–Crippen LogP) is 5.60. The number of ether oxygens (including phenoxy) is 1. The van der Waals surface area contributed by atoms with Crippen LogP contribution in [0, 0.1) is 0 Å². The van der Waals surface area contributed by atoms with Gasteiger partial charge in [-0.15, -0.1) is 0 Å². The van der Waals surface area contributed by atoms with Crippen LogP contribution < -0.4 is 4.74 Å². The molecule has 3 aromatic carbocycles. The molecule has 1 unspecified atom stereocenters. The van der Waals surface area contributed by atoms with E-state index >= 15 is 0 Å². The lowest BCUT2D eigenvalue weighted by molar-refractivity contribution is 0.201. The highest BCUT2D eigenvalue weighted by Crippen LogP contribution is 2.39. The Bertz CT molecular complexity index is 1430. The van der Waals surface area contributed by atoms with E-state index in [-0.39, 0.29) is 11.8 Å². The van der Waals surface area contributed by atoms with E-state index in [0.717, 1.165) is 30.6 Å². The summed E-state index contributed by atoms with van der Waals surface area (Å²) in [6.45, 7) is 1.70. The van der Waals surface area contributed by atoms with E-state index in [1.165, 1.54) is 22.2 Å². The van der Waals surface area contributed by atoms with Crippen molar-refractivity contribution in [2.75, 3.05) is 6.54 Å². The molecule has 6 nitrogen and oxygen atoms in total. The molecule has 6 rings (SSSR count). The molecule has 0 aliphatic carbocycles. The van der Waals surface area contributed by atoms with Gasteiger partial charge < -0.3 is 14.8 Å². The van der Waals surface area contributed by atoms with E-state index in [0.29, 0.717) is 11.8 Å². The maximum atomic E-state index is 10.2. The van der Waals surface area contributed by atoms with Gasteiger partial charge >= 0.3 is 6.01 Å². The molecule has 5 aromatic rings. The summed E-state index contributed by atoms with van der Waals surface area (Å²) in [4.78, 5) is 14.4. The Labute approximate surface area is 197 Å². The number of H-pyrrole nitrogens is 1. The molecular formula is C28H24N4O2. The molecule has 1 atom stereocenters. The van der Waals surface area contributed by atoms with Crippen molar-refractivity contribution in [2.45, 2.75) is 19.0 Å². The van der Waals surface area contributed by atoms with E-state index in [9.17, 15) is 5.11 Å². The molecule has 168 valence electrons. The largest absolute Gasteiger partial charge is 0.508 e. The summed E-state index contributed by atoms with van der Waals surface area (Å²) < 4.78 is 5.74. The Morgan fingerprint density at radius 1 is 0.941 bits per heavy atom. The Morgan fingerprint density at radius 2 is 1.76 bits per heavy atom. The smallest absolute Gasteiger partial charge is 0.321 e. The average molecular weight is 449 g/mol. The van der Waals surface area contributed by atoms with Crippen LogP contribution in [0.1, 0.15) is 28.4 Å². The third-order valence-corrected chi connectivity index (χ3v) is 6.38. The molecule has 1 aliphatic rings. The summed E-state index contributed by atoms with van der Waals surface area (Å²) in [5.74, 6) is 0.987. The van der Waals surface area contributed by atoms with E-state index in [1.807, 2.05) is 24.3 Å². The standard InChI is InChI=1S/C28H24N4O2/c33-21-6-3-5-20(17-21)27-26-24(23-7-1-2-8-25(23)31-26)13-16-32(27)18-19-9-11-22(12-10-19)34-28-29-14-4-15-30-28/h1-12,14-15,17,27,31,33H,13,16,18H2. The zero-order chi connectivity index (χ0) is 22.9. The molecular weight excluding hydrogens is 424 g/mol. The Kier molecular flexibility index (Phi) is 5.20. The molecule has 6 heteroatoms. The maximum Gasteiger partial charge on any atom is 0.321 e. The van der Waals surface area contributed by atoms with E-state index in [4.69, 9.17) is 4.74 Å². The van der Waals surface area contributed by atoms with Gasteiger partial charge in [0, 0.05) is 42.1 Å². The first kappa shape index (κ1) is 20.4. The number of benzene rings is 3. The number of phenols is 1. The summed E-state index contributed by atoms with van der Waals surface area (Å²) in [6, 6.07) is 26.3.